The Kier molecular flexibility index (Phi) is 3.84. The first kappa shape index (κ1) is 12.9. The second-order valence-corrected chi connectivity index (χ2v) is 5.26. The van der Waals surface area contributed by atoms with E-state index in [2.05, 4.69) is 33.8 Å². The van der Waals surface area contributed by atoms with Crippen LogP contribution < -0.4 is 0 Å². The van der Waals surface area contributed by atoms with Crippen molar-refractivity contribution in [3.05, 3.63) is 23.8 Å². The third-order valence-electron chi connectivity index (χ3n) is 3.92. The van der Waals surface area contributed by atoms with E-state index in [0.717, 1.165) is 6.42 Å². The maximum absolute atomic E-state index is 11.0. The molecule has 0 aromatic carbocycles. The highest BCUT2D eigenvalue weighted by Gasteiger charge is 2.36. The molecule has 0 heterocycles. The first-order valence-corrected chi connectivity index (χ1v) is 5.73. The average molecular weight is 220 g/mol. The minimum Gasteiger partial charge on any atom is -0.294 e. The van der Waals surface area contributed by atoms with Crippen LogP contribution >= 0.6 is 0 Å². The molecule has 0 amide bonds. The summed E-state index contributed by atoms with van der Waals surface area (Å²) in [5.74, 6) is 0.374. The lowest BCUT2D eigenvalue weighted by Gasteiger charge is -2.42. The monoisotopic (exact) mass is 220 g/mol. The molecular weight excluding hydrogens is 200 g/mol. The lowest BCUT2D eigenvalue weighted by Crippen LogP contribution is -2.33. The van der Waals surface area contributed by atoms with Crippen LogP contribution in [0.3, 0.4) is 0 Å². The van der Waals surface area contributed by atoms with Crippen molar-refractivity contribution in [2.75, 3.05) is 0 Å². The van der Waals surface area contributed by atoms with E-state index in [0.29, 0.717) is 12.2 Å². The molecule has 2 unspecified atom stereocenters. The van der Waals surface area contributed by atoms with Gasteiger partial charge in [0.2, 0.25) is 5.78 Å². The molecule has 88 valence electrons. The van der Waals surface area contributed by atoms with Crippen LogP contribution in [0.5, 0.6) is 0 Å². The minimum atomic E-state index is -0.457. The first-order valence-electron chi connectivity index (χ1n) is 5.73. The number of hydrogen-bond donors (Lipinski definition) is 0. The van der Waals surface area contributed by atoms with Crippen molar-refractivity contribution >= 4 is 12.1 Å². The molecule has 0 radical (unpaired) electrons. The van der Waals surface area contributed by atoms with Gasteiger partial charge in [0, 0.05) is 5.92 Å². The number of aldehydes is 1. The van der Waals surface area contributed by atoms with Crippen molar-refractivity contribution in [2.24, 2.45) is 17.3 Å². The van der Waals surface area contributed by atoms with Crippen LogP contribution in [0.2, 0.25) is 0 Å². The Morgan fingerprint density at radius 1 is 1.50 bits per heavy atom. The Hall–Kier alpha value is -1.18. The average Bonchev–Trinajstić information content (AvgIpc) is 2.23. The summed E-state index contributed by atoms with van der Waals surface area (Å²) < 4.78 is 0. The van der Waals surface area contributed by atoms with E-state index in [1.807, 2.05) is 6.08 Å². The van der Waals surface area contributed by atoms with Gasteiger partial charge in [0.1, 0.15) is 0 Å². The van der Waals surface area contributed by atoms with Crippen molar-refractivity contribution in [1.82, 2.24) is 0 Å². The van der Waals surface area contributed by atoms with Gasteiger partial charge in [-0.3, -0.25) is 9.59 Å². The van der Waals surface area contributed by atoms with Crippen LogP contribution in [0.15, 0.2) is 23.8 Å². The predicted molar refractivity (Wildman–Crippen MR) is 65.0 cm³/mol. The zero-order valence-corrected chi connectivity index (χ0v) is 10.5. The van der Waals surface area contributed by atoms with E-state index in [9.17, 15) is 9.59 Å². The van der Waals surface area contributed by atoms with Gasteiger partial charge in [0.15, 0.2) is 6.29 Å². The van der Waals surface area contributed by atoms with Crippen molar-refractivity contribution in [3.8, 4) is 0 Å². The predicted octanol–water partition coefficient (Wildman–Crippen LogP) is 2.94. The molecule has 0 aliphatic heterocycles. The second kappa shape index (κ2) is 4.77. The molecule has 0 spiro atoms. The fraction of sp³-hybridized carbons (Fsp3) is 0.571. The summed E-state index contributed by atoms with van der Waals surface area (Å²) in [5.41, 5.74) is 1.43. The molecule has 2 atom stereocenters. The molecule has 1 rings (SSSR count). The van der Waals surface area contributed by atoms with E-state index < -0.39 is 5.78 Å². The Morgan fingerprint density at radius 2 is 2.12 bits per heavy atom. The summed E-state index contributed by atoms with van der Waals surface area (Å²) in [5, 5.41) is 0. The topological polar surface area (TPSA) is 34.1 Å². The molecule has 0 saturated carbocycles. The lowest BCUT2D eigenvalue weighted by atomic mass is 9.63. The van der Waals surface area contributed by atoms with Gasteiger partial charge in [-0.1, -0.05) is 38.5 Å². The molecule has 1 aliphatic carbocycles. The number of carbonyl (C=O) groups is 2. The molecular formula is C14H20O2. The van der Waals surface area contributed by atoms with Crippen LogP contribution in [-0.2, 0) is 9.59 Å². The highest BCUT2D eigenvalue weighted by Crippen LogP contribution is 2.45. The largest absolute Gasteiger partial charge is 0.294 e. The normalized spacial score (nSPS) is 28.9. The number of rotatable bonds is 3. The quantitative estimate of drug-likeness (QED) is 0.317. The fourth-order valence-corrected chi connectivity index (χ4v) is 2.32. The van der Waals surface area contributed by atoms with Crippen molar-refractivity contribution in [1.29, 1.82) is 0 Å². The van der Waals surface area contributed by atoms with Gasteiger partial charge >= 0.3 is 0 Å². The molecule has 0 aromatic rings. The van der Waals surface area contributed by atoms with Gasteiger partial charge in [-0.2, -0.15) is 0 Å². The van der Waals surface area contributed by atoms with Crippen molar-refractivity contribution < 1.29 is 9.59 Å². The number of allylic oxidation sites excluding steroid dienone is 4. The maximum Gasteiger partial charge on any atom is 0.217 e. The molecule has 2 nitrogen and oxygen atoms in total. The van der Waals surface area contributed by atoms with E-state index in [-0.39, 0.29) is 11.3 Å². The summed E-state index contributed by atoms with van der Waals surface area (Å²) in [4.78, 5) is 21.2. The molecule has 0 aromatic heterocycles. The highest BCUT2D eigenvalue weighted by atomic mass is 16.2. The van der Waals surface area contributed by atoms with Crippen LogP contribution in [0, 0.1) is 17.3 Å². The Balaban J connectivity index is 2.95. The zero-order valence-electron chi connectivity index (χ0n) is 10.5. The van der Waals surface area contributed by atoms with Gasteiger partial charge in [-0.15, -0.1) is 0 Å². The van der Waals surface area contributed by atoms with Gasteiger partial charge in [0.05, 0.1) is 0 Å². The molecule has 0 N–H and O–H groups in total. The van der Waals surface area contributed by atoms with E-state index in [1.165, 1.54) is 11.6 Å². The first-order chi connectivity index (χ1) is 7.39. The zero-order chi connectivity index (χ0) is 12.3. The summed E-state index contributed by atoms with van der Waals surface area (Å²) in [6.07, 6.45) is 6.95. The highest BCUT2D eigenvalue weighted by molar-refractivity contribution is 6.30. The number of carbonyl (C=O) groups excluding carboxylic acids is 2. The van der Waals surface area contributed by atoms with Crippen LogP contribution in [0.4, 0.5) is 0 Å². The van der Waals surface area contributed by atoms with Crippen molar-refractivity contribution in [2.45, 2.75) is 34.1 Å². The second-order valence-electron chi connectivity index (χ2n) is 5.26. The third kappa shape index (κ3) is 2.49. The Morgan fingerprint density at radius 3 is 2.69 bits per heavy atom. The van der Waals surface area contributed by atoms with E-state index in [4.69, 9.17) is 0 Å². The van der Waals surface area contributed by atoms with Gasteiger partial charge in [-0.05, 0) is 30.8 Å². The molecule has 2 heteroatoms. The molecule has 0 saturated heterocycles. The van der Waals surface area contributed by atoms with E-state index in [1.54, 1.807) is 0 Å². The Labute approximate surface area is 97.4 Å². The van der Waals surface area contributed by atoms with Crippen LogP contribution in [0.25, 0.3) is 0 Å². The molecule has 1 aliphatic rings. The molecule has 16 heavy (non-hydrogen) atoms. The Bertz CT molecular complexity index is 348. The van der Waals surface area contributed by atoms with Crippen LogP contribution in [0.1, 0.15) is 34.1 Å². The summed E-state index contributed by atoms with van der Waals surface area (Å²) in [7, 11) is 0. The summed E-state index contributed by atoms with van der Waals surface area (Å²) in [6.45, 7) is 8.75. The lowest BCUT2D eigenvalue weighted by molar-refractivity contribution is -0.126. The summed E-state index contributed by atoms with van der Waals surface area (Å²) in [6, 6.07) is 0. The summed E-state index contributed by atoms with van der Waals surface area (Å²) >= 11 is 0. The van der Waals surface area contributed by atoms with Crippen LogP contribution in [-0.4, -0.2) is 12.1 Å². The molecule has 0 fully saturated rings. The standard InChI is InChI=1S/C14H20O2/c1-10-5-6-11(2)14(3,4)13(10)8-7-12(16)9-15/h5,7-9,11,13H,6H2,1-4H3. The van der Waals surface area contributed by atoms with Gasteiger partial charge in [0.25, 0.3) is 0 Å². The number of ketones is 1. The van der Waals surface area contributed by atoms with Gasteiger partial charge < -0.3 is 0 Å². The van der Waals surface area contributed by atoms with Crippen molar-refractivity contribution in [3.63, 3.8) is 0 Å². The number of hydrogen-bond acceptors (Lipinski definition) is 2. The SMILES string of the molecule is CC1=CCC(C)C(C)(C)C1C=CC(=O)C=O. The third-order valence-corrected chi connectivity index (χ3v) is 3.92. The van der Waals surface area contributed by atoms with Gasteiger partial charge in [-0.25, -0.2) is 0 Å². The molecule has 0 bridgehead atoms. The fourth-order valence-electron chi connectivity index (χ4n) is 2.32. The van der Waals surface area contributed by atoms with E-state index >= 15 is 0 Å². The maximum atomic E-state index is 11.0. The minimum absolute atomic E-state index is 0.137. The smallest absolute Gasteiger partial charge is 0.217 e.